The Bertz CT molecular complexity index is 695. The molecule has 0 radical (unpaired) electrons. The maximum absolute atomic E-state index is 12.4. The number of aliphatic hydroxyl groups excluding tert-OH is 1. The van der Waals surface area contributed by atoms with Gasteiger partial charge in [0.1, 0.15) is 4.90 Å². The van der Waals surface area contributed by atoms with E-state index in [9.17, 15) is 8.42 Å². The van der Waals surface area contributed by atoms with E-state index in [1.165, 1.54) is 10.9 Å². The summed E-state index contributed by atoms with van der Waals surface area (Å²) in [7, 11) is -3.73. The van der Waals surface area contributed by atoms with Crippen LogP contribution < -0.4 is 4.72 Å². The van der Waals surface area contributed by atoms with Crippen LogP contribution in [0.1, 0.15) is 11.4 Å². The third kappa shape index (κ3) is 2.81. The van der Waals surface area contributed by atoms with Crippen LogP contribution in [0.5, 0.6) is 0 Å². The molecule has 0 saturated carbocycles. The van der Waals surface area contributed by atoms with Crippen LogP contribution in [-0.2, 0) is 16.6 Å². The van der Waals surface area contributed by atoms with Gasteiger partial charge in [-0.25, -0.2) is 8.42 Å². The predicted molar refractivity (Wildman–Crippen MR) is 73.8 cm³/mol. The van der Waals surface area contributed by atoms with Crippen molar-refractivity contribution in [2.24, 2.45) is 0 Å². The van der Waals surface area contributed by atoms with Crippen LogP contribution in [0.15, 0.2) is 29.4 Å². The first-order chi connectivity index (χ1) is 9.45. The van der Waals surface area contributed by atoms with E-state index in [0.29, 0.717) is 17.1 Å². The first-order valence-electron chi connectivity index (χ1n) is 6.03. The van der Waals surface area contributed by atoms with Gasteiger partial charge in [-0.2, -0.15) is 5.10 Å². The maximum Gasteiger partial charge on any atom is 0.265 e. The van der Waals surface area contributed by atoms with Crippen LogP contribution >= 0.6 is 0 Å². The van der Waals surface area contributed by atoms with E-state index in [1.807, 2.05) is 0 Å². The lowest BCUT2D eigenvalue weighted by atomic mass is 10.4. The Morgan fingerprint density at radius 2 is 2.15 bits per heavy atom. The zero-order valence-corrected chi connectivity index (χ0v) is 12.1. The van der Waals surface area contributed by atoms with E-state index >= 15 is 0 Å². The molecule has 0 unspecified atom stereocenters. The molecule has 2 heterocycles. The molecule has 7 nitrogen and oxygen atoms in total. The van der Waals surface area contributed by atoms with Gasteiger partial charge in [0.05, 0.1) is 36.4 Å². The van der Waals surface area contributed by atoms with Crippen molar-refractivity contribution in [1.82, 2.24) is 14.8 Å². The fraction of sp³-hybridized carbons (Fsp3) is 0.333. The molecule has 20 heavy (non-hydrogen) atoms. The van der Waals surface area contributed by atoms with Gasteiger partial charge >= 0.3 is 0 Å². The molecular formula is C12H16N4O3S. The van der Waals surface area contributed by atoms with Gasteiger partial charge in [-0.15, -0.1) is 0 Å². The summed E-state index contributed by atoms with van der Waals surface area (Å²) in [6, 6.07) is 3.26. The maximum atomic E-state index is 12.4. The predicted octanol–water partition coefficient (Wildman–Crippen LogP) is 0.688. The Hall–Kier alpha value is -1.93. The first-order valence-corrected chi connectivity index (χ1v) is 7.51. The highest BCUT2D eigenvalue weighted by molar-refractivity contribution is 7.92. The van der Waals surface area contributed by atoms with Gasteiger partial charge in [-0.3, -0.25) is 14.4 Å². The molecule has 8 heteroatoms. The Morgan fingerprint density at radius 3 is 2.75 bits per heavy atom. The van der Waals surface area contributed by atoms with Crippen LogP contribution in [0.25, 0.3) is 0 Å². The third-order valence-corrected chi connectivity index (χ3v) is 4.44. The van der Waals surface area contributed by atoms with Crippen molar-refractivity contribution in [2.45, 2.75) is 25.3 Å². The van der Waals surface area contributed by atoms with Crippen molar-refractivity contribution in [3.63, 3.8) is 0 Å². The monoisotopic (exact) mass is 296 g/mol. The van der Waals surface area contributed by atoms with E-state index in [0.717, 1.165) is 0 Å². The number of aliphatic hydroxyl groups is 1. The largest absolute Gasteiger partial charge is 0.394 e. The van der Waals surface area contributed by atoms with Crippen molar-refractivity contribution in [3.05, 3.63) is 35.9 Å². The smallest absolute Gasteiger partial charge is 0.265 e. The molecule has 2 aromatic heterocycles. The van der Waals surface area contributed by atoms with Crippen molar-refractivity contribution in [3.8, 4) is 0 Å². The quantitative estimate of drug-likeness (QED) is 0.846. The minimum Gasteiger partial charge on any atom is -0.394 e. The summed E-state index contributed by atoms with van der Waals surface area (Å²) in [6.45, 7) is 3.44. The van der Waals surface area contributed by atoms with Crippen molar-refractivity contribution < 1.29 is 13.5 Å². The lowest BCUT2D eigenvalue weighted by Gasteiger charge is -2.08. The minimum absolute atomic E-state index is 0.0997. The number of hydrogen-bond donors (Lipinski definition) is 2. The van der Waals surface area contributed by atoms with Gasteiger partial charge in [0.2, 0.25) is 0 Å². The average Bonchev–Trinajstić information content (AvgIpc) is 2.66. The van der Waals surface area contributed by atoms with Crippen molar-refractivity contribution in [1.29, 1.82) is 0 Å². The van der Waals surface area contributed by atoms with E-state index in [4.69, 9.17) is 5.11 Å². The van der Waals surface area contributed by atoms with Crippen molar-refractivity contribution >= 4 is 15.7 Å². The van der Waals surface area contributed by atoms with Gasteiger partial charge in [0.15, 0.2) is 0 Å². The van der Waals surface area contributed by atoms with Gasteiger partial charge in [0.25, 0.3) is 10.0 Å². The van der Waals surface area contributed by atoms with Crippen LogP contribution in [0.2, 0.25) is 0 Å². The van der Waals surface area contributed by atoms with Gasteiger partial charge in [-0.05, 0) is 26.0 Å². The molecule has 0 aliphatic heterocycles. The molecule has 0 aromatic carbocycles. The summed E-state index contributed by atoms with van der Waals surface area (Å²) in [4.78, 5) is 4.00. The number of pyridine rings is 1. The molecule has 108 valence electrons. The van der Waals surface area contributed by atoms with E-state index in [-0.39, 0.29) is 18.0 Å². The number of hydrogen-bond acceptors (Lipinski definition) is 5. The summed E-state index contributed by atoms with van der Waals surface area (Å²) >= 11 is 0. The van der Waals surface area contributed by atoms with E-state index < -0.39 is 10.0 Å². The highest BCUT2D eigenvalue weighted by Gasteiger charge is 2.24. The summed E-state index contributed by atoms with van der Waals surface area (Å²) in [6.07, 6.45) is 2.99. The van der Waals surface area contributed by atoms with Crippen LogP contribution in [0.3, 0.4) is 0 Å². The van der Waals surface area contributed by atoms with Gasteiger partial charge < -0.3 is 5.11 Å². The van der Waals surface area contributed by atoms with Crippen LogP contribution in [-0.4, -0.2) is 34.9 Å². The Balaban J connectivity index is 2.40. The highest BCUT2D eigenvalue weighted by atomic mass is 32.2. The molecule has 0 amide bonds. The average molecular weight is 296 g/mol. The normalized spacial score (nSPS) is 11.6. The fourth-order valence-corrected chi connectivity index (χ4v) is 3.47. The Kier molecular flexibility index (Phi) is 4.05. The van der Waals surface area contributed by atoms with E-state index in [1.54, 1.807) is 32.2 Å². The van der Waals surface area contributed by atoms with Crippen molar-refractivity contribution in [2.75, 3.05) is 11.3 Å². The number of nitrogens with zero attached hydrogens (tertiary/aromatic N) is 3. The standard InChI is InChI=1S/C12H16N4O3S/c1-9-12(10(2)16(14-9)6-7-17)20(18,19)15-11-4-3-5-13-8-11/h3-5,8,15,17H,6-7H2,1-2H3. The van der Waals surface area contributed by atoms with Crippen LogP contribution in [0, 0.1) is 13.8 Å². The molecule has 0 aliphatic carbocycles. The highest BCUT2D eigenvalue weighted by Crippen LogP contribution is 2.22. The molecule has 0 bridgehead atoms. The summed E-state index contributed by atoms with van der Waals surface area (Å²) in [5.74, 6) is 0. The Labute approximate surface area is 117 Å². The molecular weight excluding hydrogens is 280 g/mol. The number of sulfonamides is 1. The summed E-state index contributed by atoms with van der Waals surface area (Å²) < 4.78 is 28.8. The molecule has 0 spiro atoms. The number of anilines is 1. The summed E-state index contributed by atoms with van der Waals surface area (Å²) in [5, 5.41) is 13.1. The first kappa shape index (κ1) is 14.5. The molecule has 0 saturated heterocycles. The SMILES string of the molecule is Cc1nn(CCO)c(C)c1S(=O)(=O)Nc1cccnc1. The molecule has 2 N–H and O–H groups in total. The zero-order chi connectivity index (χ0) is 14.8. The second-order valence-electron chi connectivity index (χ2n) is 4.29. The van der Waals surface area contributed by atoms with E-state index in [2.05, 4.69) is 14.8 Å². The molecule has 2 rings (SSSR count). The second-order valence-corrected chi connectivity index (χ2v) is 5.91. The number of nitrogens with one attached hydrogen (secondary N) is 1. The number of aryl methyl sites for hydroxylation is 1. The zero-order valence-electron chi connectivity index (χ0n) is 11.2. The number of rotatable bonds is 5. The lowest BCUT2D eigenvalue weighted by Crippen LogP contribution is -2.15. The third-order valence-electron chi connectivity index (χ3n) is 2.81. The molecule has 0 fully saturated rings. The fourth-order valence-electron chi connectivity index (χ4n) is 2.01. The molecule has 0 atom stereocenters. The van der Waals surface area contributed by atoms with Gasteiger partial charge in [0, 0.05) is 6.20 Å². The number of aromatic nitrogens is 3. The topological polar surface area (TPSA) is 97.1 Å². The molecule has 0 aliphatic rings. The minimum atomic E-state index is -3.73. The van der Waals surface area contributed by atoms with Gasteiger partial charge in [-0.1, -0.05) is 0 Å². The second kappa shape index (κ2) is 5.59. The lowest BCUT2D eigenvalue weighted by molar-refractivity contribution is 0.267. The summed E-state index contributed by atoms with van der Waals surface area (Å²) in [5.41, 5.74) is 1.28. The van der Waals surface area contributed by atoms with Crippen LogP contribution in [0.4, 0.5) is 5.69 Å². The molecule has 2 aromatic rings. The Morgan fingerprint density at radius 1 is 1.40 bits per heavy atom.